The van der Waals surface area contributed by atoms with Crippen LogP contribution in [0.25, 0.3) is 10.9 Å². The fourth-order valence-electron chi connectivity index (χ4n) is 2.46. The number of rotatable bonds is 7. The molecule has 0 saturated heterocycles. The van der Waals surface area contributed by atoms with Crippen LogP contribution in [0.5, 0.6) is 0 Å². The molecular formula is C19H22N4O. The lowest BCUT2D eigenvalue weighted by molar-refractivity contribution is 0.292. The summed E-state index contributed by atoms with van der Waals surface area (Å²) in [6.07, 6.45) is 0.685. The van der Waals surface area contributed by atoms with Crippen LogP contribution in [0.15, 0.2) is 48.5 Å². The minimum atomic E-state index is 0.161. The first-order chi connectivity index (χ1) is 11.8. The van der Waals surface area contributed by atoms with E-state index in [1.807, 2.05) is 24.3 Å². The Morgan fingerprint density at radius 1 is 0.958 bits per heavy atom. The highest BCUT2D eigenvalue weighted by Crippen LogP contribution is 2.22. The van der Waals surface area contributed by atoms with Gasteiger partial charge in [0.1, 0.15) is 5.82 Å². The van der Waals surface area contributed by atoms with Crippen molar-refractivity contribution in [3.05, 3.63) is 59.7 Å². The second-order valence-electron chi connectivity index (χ2n) is 5.76. The molecule has 0 aliphatic carbocycles. The summed E-state index contributed by atoms with van der Waals surface area (Å²) >= 11 is 0. The Bertz CT molecular complexity index is 802. The van der Waals surface area contributed by atoms with E-state index in [0.717, 1.165) is 16.7 Å². The lowest BCUT2D eigenvalue weighted by Crippen LogP contribution is -2.09. The average Bonchev–Trinajstić information content (AvgIpc) is 2.61. The highest BCUT2D eigenvalue weighted by Gasteiger charge is 2.07. The summed E-state index contributed by atoms with van der Waals surface area (Å²) in [5, 5.41) is 16.5. The number of hydrogen-bond donors (Lipinski definition) is 3. The molecule has 0 radical (unpaired) electrons. The number of aromatic nitrogens is 2. The molecule has 0 spiro atoms. The zero-order chi connectivity index (χ0) is 16.8. The van der Waals surface area contributed by atoms with Gasteiger partial charge in [-0.3, -0.25) is 0 Å². The van der Waals surface area contributed by atoms with Crippen molar-refractivity contribution in [2.45, 2.75) is 19.9 Å². The van der Waals surface area contributed by atoms with Gasteiger partial charge in [0.05, 0.1) is 5.52 Å². The second kappa shape index (κ2) is 7.75. The molecule has 3 N–H and O–H groups in total. The summed E-state index contributed by atoms with van der Waals surface area (Å²) in [5.74, 6) is 1.39. The van der Waals surface area contributed by atoms with Gasteiger partial charge in [-0.2, -0.15) is 4.98 Å². The number of nitrogens with zero attached hydrogens (tertiary/aromatic N) is 2. The first-order valence-corrected chi connectivity index (χ1v) is 8.17. The normalized spacial score (nSPS) is 10.8. The van der Waals surface area contributed by atoms with E-state index in [4.69, 9.17) is 5.11 Å². The van der Waals surface area contributed by atoms with Gasteiger partial charge in [-0.15, -0.1) is 0 Å². The minimum absolute atomic E-state index is 0.161. The zero-order valence-electron chi connectivity index (χ0n) is 13.8. The molecule has 1 aromatic heterocycles. The summed E-state index contributed by atoms with van der Waals surface area (Å²) in [4.78, 5) is 9.18. The quantitative estimate of drug-likeness (QED) is 0.582. The van der Waals surface area contributed by atoms with E-state index in [9.17, 15) is 0 Å². The molecule has 0 amide bonds. The van der Waals surface area contributed by atoms with Crippen molar-refractivity contribution < 1.29 is 5.11 Å². The van der Waals surface area contributed by atoms with Gasteiger partial charge in [0.15, 0.2) is 0 Å². The molecule has 0 atom stereocenters. The zero-order valence-corrected chi connectivity index (χ0v) is 13.8. The van der Waals surface area contributed by atoms with Crippen molar-refractivity contribution in [2.75, 3.05) is 23.8 Å². The molecule has 5 heteroatoms. The van der Waals surface area contributed by atoms with Crippen LogP contribution in [0, 0.1) is 6.92 Å². The van der Waals surface area contributed by atoms with Crippen molar-refractivity contribution in [1.82, 2.24) is 9.97 Å². The number of para-hydroxylation sites is 1. The van der Waals surface area contributed by atoms with Crippen LogP contribution in [0.2, 0.25) is 0 Å². The molecule has 2 aromatic carbocycles. The highest BCUT2D eigenvalue weighted by molar-refractivity contribution is 5.89. The van der Waals surface area contributed by atoms with Crippen LogP contribution in [-0.4, -0.2) is 28.2 Å². The minimum Gasteiger partial charge on any atom is -0.396 e. The first-order valence-electron chi connectivity index (χ1n) is 8.17. The van der Waals surface area contributed by atoms with E-state index in [1.165, 1.54) is 11.1 Å². The smallest absolute Gasteiger partial charge is 0.225 e. The van der Waals surface area contributed by atoms with Gasteiger partial charge >= 0.3 is 0 Å². The van der Waals surface area contributed by atoms with Gasteiger partial charge in [0.25, 0.3) is 0 Å². The third-order valence-corrected chi connectivity index (χ3v) is 3.80. The summed E-state index contributed by atoms with van der Waals surface area (Å²) in [7, 11) is 0. The topological polar surface area (TPSA) is 70.1 Å². The Morgan fingerprint density at radius 2 is 1.75 bits per heavy atom. The fourth-order valence-corrected chi connectivity index (χ4v) is 2.46. The number of aliphatic hydroxyl groups is 1. The standard InChI is InChI=1S/C19H22N4O/c1-14-7-9-15(10-8-14)13-21-19-22-17-6-3-2-5-16(17)18(23-19)20-11-4-12-24/h2-3,5-10,24H,4,11-13H2,1H3,(H2,20,21,22,23). The molecule has 0 saturated carbocycles. The second-order valence-corrected chi connectivity index (χ2v) is 5.76. The number of benzene rings is 2. The van der Waals surface area contributed by atoms with Crippen LogP contribution in [0.1, 0.15) is 17.5 Å². The molecule has 0 bridgehead atoms. The van der Waals surface area contributed by atoms with Crippen LogP contribution >= 0.6 is 0 Å². The van der Waals surface area contributed by atoms with Gasteiger partial charge in [0, 0.05) is 25.1 Å². The van der Waals surface area contributed by atoms with Crippen molar-refractivity contribution in [1.29, 1.82) is 0 Å². The van der Waals surface area contributed by atoms with Crippen molar-refractivity contribution in [3.63, 3.8) is 0 Å². The highest BCUT2D eigenvalue weighted by atomic mass is 16.3. The maximum absolute atomic E-state index is 8.96. The fraction of sp³-hybridized carbons (Fsp3) is 0.263. The molecule has 0 aliphatic heterocycles. The van der Waals surface area contributed by atoms with Crippen LogP contribution in [0.4, 0.5) is 11.8 Å². The molecule has 0 unspecified atom stereocenters. The Balaban J connectivity index is 1.80. The number of anilines is 2. The molecule has 3 aromatic rings. The monoisotopic (exact) mass is 322 g/mol. The molecule has 0 aliphatic rings. The van der Waals surface area contributed by atoms with Crippen molar-refractivity contribution in [3.8, 4) is 0 Å². The van der Waals surface area contributed by atoms with E-state index in [2.05, 4.69) is 51.8 Å². The number of aryl methyl sites for hydroxylation is 1. The van der Waals surface area contributed by atoms with Crippen molar-refractivity contribution >= 4 is 22.7 Å². The molecule has 3 rings (SSSR count). The molecular weight excluding hydrogens is 300 g/mol. The molecule has 1 heterocycles. The molecule has 124 valence electrons. The molecule has 0 fully saturated rings. The number of fused-ring (bicyclic) bond motifs is 1. The van der Waals surface area contributed by atoms with Crippen LogP contribution < -0.4 is 10.6 Å². The maximum Gasteiger partial charge on any atom is 0.225 e. The third kappa shape index (κ3) is 4.00. The van der Waals surface area contributed by atoms with Gasteiger partial charge < -0.3 is 15.7 Å². The SMILES string of the molecule is Cc1ccc(CNc2nc(NCCCO)c3ccccc3n2)cc1. The summed E-state index contributed by atoms with van der Waals surface area (Å²) < 4.78 is 0. The predicted octanol–water partition coefficient (Wildman–Crippen LogP) is 3.34. The van der Waals surface area contributed by atoms with Crippen LogP contribution in [-0.2, 0) is 6.54 Å². The third-order valence-electron chi connectivity index (χ3n) is 3.80. The van der Waals surface area contributed by atoms with E-state index >= 15 is 0 Å². The van der Waals surface area contributed by atoms with Gasteiger partial charge in [-0.25, -0.2) is 4.98 Å². The lowest BCUT2D eigenvalue weighted by atomic mass is 10.1. The predicted molar refractivity (Wildman–Crippen MR) is 98.2 cm³/mol. The van der Waals surface area contributed by atoms with Crippen LogP contribution in [0.3, 0.4) is 0 Å². The van der Waals surface area contributed by atoms with E-state index in [-0.39, 0.29) is 6.61 Å². The van der Waals surface area contributed by atoms with Gasteiger partial charge in [0.2, 0.25) is 5.95 Å². The van der Waals surface area contributed by atoms with Gasteiger partial charge in [-0.05, 0) is 31.0 Å². The largest absolute Gasteiger partial charge is 0.396 e. The number of hydrogen-bond acceptors (Lipinski definition) is 5. The Kier molecular flexibility index (Phi) is 5.23. The summed E-state index contributed by atoms with van der Waals surface area (Å²) in [6.45, 7) is 3.59. The average molecular weight is 322 g/mol. The Labute approximate surface area is 141 Å². The Morgan fingerprint density at radius 3 is 2.54 bits per heavy atom. The number of aliphatic hydroxyl groups excluding tert-OH is 1. The van der Waals surface area contributed by atoms with E-state index in [0.29, 0.717) is 25.5 Å². The van der Waals surface area contributed by atoms with Gasteiger partial charge in [-0.1, -0.05) is 42.0 Å². The first kappa shape index (κ1) is 16.2. The van der Waals surface area contributed by atoms with E-state index < -0.39 is 0 Å². The Hall–Kier alpha value is -2.66. The summed E-state index contributed by atoms with van der Waals surface area (Å²) in [6, 6.07) is 16.3. The van der Waals surface area contributed by atoms with E-state index in [1.54, 1.807) is 0 Å². The lowest BCUT2D eigenvalue weighted by Gasteiger charge is -2.11. The molecule has 24 heavy (non-hydrogen) atoms. The van der Waals surface area contributed by atoms with Crippen molar-refractivity contribution in [2.24, 2.45) is 0 Å². The molecule has 5 nitrogen and oxygen atoms in total. The maximum atomic E-state index is 8.96. The summed E-state index contributed by atoms with van der Waals surface area (Å²) in [5.41, 5.74) is 3.33. The number of nitrogens with one attached hydrogen (secondary N) is 2.